The average Bonchev–Trinajstić information content (AvgIpc) is 2.45. The van der Waals surface area contributed by atoms with Crippen molar-refractivity contribution < 1.29 is 4.74 Å². The number of hydrogen-bond donors (Lipinski definition) is 0. The van der Waals surface area contributed by atoms with Crippen LogP contribution in [0.4, 0.5) is 0 Å². The van der Waals surface area contributed by atoms with Gasteiger partial charge in [-0.25, -0.2) is 9.97 Å². The van der Waals surface area contributed by atoms with Crippen LogP contribution in [0.3, 0.4) is 0 Å². The molecule has 0 spiro atoms. The maximum absolute atomic E-state index is 5.89. The van der Waals surface area contributed by atoms with E-state index in [2.05, 4.69) is 32.6 Å². The molecular formula is C15H11IN2O. The highest BCUT2D eigenvalue weighted by Crippen LogP contribution is 2.26. The summed E-state index contributed by atoms with van der Waals surface area (Å²) in [5.41, 5.74) is 2.00. The third-order valence-corrected chi connectivity index (χ3v) is 3.40. The minimum absolute atomic E-state index is 0.542. The number of ether oxygens (including phenoxy) is 1. The molecule has 0 unspecified atom stereocenters. The Morgan fingerprint density at radius 2 is 1.95 bits per heavy atom. The molecule has 3 aromatic rings. The van der Waals surface area contributed by atoms with Crippen LogP contribution in [-0.2, 0) is 6.61 Å². The molecule has 0 amide bonds. The van der Waals surface area contributed by atoms with Gasteiger partial charge in [-0.1, -0.05) is 30.3 Å². The molecule has 3 rings (SSSR count). The Morgan fingerprint density at radius 1 is 1.11 bits per heavy atom. The summed E-state index contributed by atoms with van der Waals surface area (Å²) in [5, 5.41) is 0.998. The maximum Gasteiger partial charge on any atom is 0.147 e. The highest BCUT2D eigenvalue weighted by molar-refractivity contribution is 14.1. The SMILES string of the molecule is Ic1cc(OCc2ccccc2)c2ncncc2c1. The minimum atomic E-state index is 0.542. The molecule has 0 atom stereocenters. The Labute approximate surface area is 124 Å². The smallest absolute Gasteiger partial charge is 0.147 e. The lowest BCUT2D eigenvalue weighted by Gasteiger charge is -2.09. The third kappa shape index (κ3) is 2.84. The molecule has 0 saturated heterocycles. The minimum Gasteiger partial charge on any atom is -0.487 e. The first kappa shape index (κ1) is 12.3. The summed E-state index contributed by atoms with van der Waals surface area (Å²) in [7, 11) is 0. The van der Waals surface area contributed by atoms with Crippen molar-refractivity contribution in [1.82, 2.24) is 9.97 Å². The first-order valence-electron chi connectivity index (χ1n) is 5.89. The second-order valence-electron chi connectivity index (χ2n) is 4.14. The van der Waals surface area contributed by atoms with Gasteiger partial charge in [0.25, 0.3) is 0 Å². The molecule has 19 heavy (non-hydrogen) atoms. The quantitative estimate of drug-likeness (QED) is 0.665. The molecule has 3 nitrogen and oxygen atoms in total. The van der Waals surface area contributed by atoms with Crippen molar-refractivity contribution in [2.24, 2.45) is 0 Å². The lowest BCUT2D eigenvalue weighted by molar-refractivity contribution is 0.309. The molecular weight excluding hydrogens is 351 g/mol. The number of hydrogen-bond acceptors (Lipinski definition) is 3. The van der Waals surface area contributed by atoms with Gasteiger partial charge in [-0.3, -0.25) is 0 Å². The van der Waals surface area contributed by atoms with Crippen molar-refractivity contribution in [3.8, 4) is 5.75 Å². The van der Waals surface area contributed by atoms with Gasteiger partial charge in [0.05, 0.1) is 0 Å². The fourth-order valence-corrected chi connectivity index (χ4v) is 2.50. The largest absolute Gasteiger partial charge is 0.487 e. The van der Waals surface area contributed by atoms with Crippen LogP contribution in [0.1, 0.15) is 5.56 Å². The lowest BCUT2D eigenvalue weighted by atomic mass is 10.2. The standard InChI is InChI=1S/C15H11IN2O/c16-13-6-12-8-17-10-18-15(12)14(7-13)19-9-11-4-2-1-3-5-11/h1-8,10H,9H2. The van der Waals surface area contributed by atoms with Gasteiger partial charge in [0.15, 0.2) is 0 Å². The number of fused-ring (bicyclic) bond motifs is 1. The molecule has 0 radical (unpaired) electrons. The van der Waals surface area contributed by atoms with Gasteiger partial charge in [0.1, 0.15) is 24.2 Å². The second kappa shape index (κ2) is 5.52. The van der Waals surface area contributed by atoms with E-state index in [4.69, 9.17) is 4.74 Å². The fourth-order valence-electron chi connectivity index (χ4n) is 1.88. The van der Waals surface area contributed by atoms with E-state index >= 15 is 0 Å². The molecule has 0 aliphatic heterocycles. The molecule has 0 N–H and O–H groups in total. The van der Waals surface area contributed by atoms with E-state index in [1.54, 1.807) is 12.5 Å². The van der Waals surface area contributed by atoms with Gasteiger partial charge >= 0.3 is 0 Å². The molecule has 2 aromatic carbocycles. The first-order valence-corrected chi connectivity index (χ1v) is 6.97. The summed E-state index contributed by atoms with van der Waals surface area (Å²) in [5.74, 6) is 0.799. The van der Waals surface area contributed by atoms with E-state index in [0.717, 1.165) is 25.8 Å². The van der Waals surface area contributed by atoms with E-state index in [9.17, 15) is 0 Å². The average molecular weight is 362 g/mol. The highest BCUT2D eigenvalue weighted by atomic mass is 127. The van der Waals surface area contributed by atoms with E-state index in [0.29, 0.717) is 6.61 Å². The Kier molecular flexibility index (Phi) is 3.59. The third-order valence-electron chi connectivity index (χ3n) is 2.77. The topological polar surface area (TPSA) is 35.0 Å². The van der Waals surface area contributed by atoms with E-state index in [-0.39, 0.29) is 0 Å². The summed E-state index contributed by atoms with van der Waals surface area (Å²) in [6.07, 6.45) is 3.35. The maximum atomic E-state index is 5.89. The highest BCUT2D eigenvalue weighted by Gasteiger charge is 2.06. The molecule has 0 bridgehead atoms. The number of halogens is 1. The van der Waals surface area contributed by atoms with Gasteiger partial charge < -0.3 is 4.74 Å². The Morgan fingerprint density at radius 3 is 2.79 bits per heavy atom. The zero-order valence-electron chi connectivity index (χ0n) is 10.1. The van der Waals surface area contributed by atoms with Gasteiger partial charge in [0.2, 0.25) is 0 Å². The summed E-state index contributed by atoms with van der Waals surface area (Å²) in [4.78, 5) is 8.34. The monoisotopic (exact) mass is 362 g/mol. The molecule has 0 saturated carbocycles. The normalized spacial score (nSPS) is 10.6. The van der Waals surface area contributed by atoms with Crippen LogP contribution in [0.15, 0.2) is 55.0 Å². The summed E-state index contributed by atoms with van der Waals surface area (Å²) < 4.78 is 7.00. The van der Waals surface area contributed by atoms with Crippen molar-refractivity contribution in [1.29, 1.82) is 0 Å². The van der Waals surface area contributed by atoms with Crippen LogP contribution in [0.5, 0.6) is 5.75 Å². The van der Waals surface area contributed by atoms with Crippen molar-refractivity contribution in [2.45, 2.75) is 6.61 Å². The Balaban J connectivity index is 1.92. The van der Waals surface area contributed by atoms with Gasteiger partial charge in [0, 0.05) is 15.2 Å². The predicted octanol–water partition coefficient (Wildman–Crippen LogP) is 3.81. The Hall–Kier alpha value is -1.69. The van der Waals surface area contributed by atoms with Crippen molar-refractivity contribution in [3.63, 3.8) is 0 Å². The zero-order valence-corrected chi connectivity index (χ0v) is 12.2. The van der Waals surface area contributed by atoms with Gasteiger partial charge in [-0.05, 0) is 40.3 Å². The van der Waals surface area contributed by atoms with Crippen LogP contribution in [0, 0.1) is 3.57 Å². The number of nitrogens with zero attached hydrogens (tertiary/aromatic N) is 2. The van der Waals surface area contributed by atoms with Crippen molar-refractivity contribution in [2.75, 3.05) is 0 Å². The van der Waals surface area contributed by atoms with E-state index < -0.39 is 0 Å². The molecule has 4 heteroatoms. The van der Waals surface area contributed by atoms with Crippen LogP contribution in [0.25, 0.3) is 10.9 Å². The van der Waals surface area contributed by atoms with Gasteiger partial charge in [-0.2, -0.15) is 0 Å². The van der Waals surface area contributed by atoms with Crippen LogP contribution < -0.4 is 4.74 Å². The van der Waals surface area contributed by atoms with Crippen molar-refractivity contribution >= 4 is 33.5 Å². The van der Waals surface area contributed by atoms with Gasteiger partial charge in [-0.15, -0.1) is 0 Å². The van der Waals surface area contributed by atoms with Crippen LogP contribution in [0.2, 0.25) is 0 Å². The molecule has 0 aliphatic rings. The fraction of sp³-hybridized carbons (Fsp3) is 0.0667. The number of aromatic nitrogens is 2. The Bertz CT molecular complexity index is 701. The molecule has 0 aliphatic carbocycles. The summed E-state index contributed by atoms with van der Waals surface area (Å²) in [6, 6.07) is 14.2. The zero-order chi connectivity index (χ0) is 13.1. The second-order valence-corrected chi connectivity index (χ2v) is 5.38. The summed E-state index contributed by atoms with van der Waals surface area (Å²) in [6.45, 7) is 0.542. The first-order chi connectivity index (χ1) is 9.33. The molecule has 1 aromatic heterocycles. The van der Waals surface area contributed by atoms with Crippen molar-refractivity contribution in [3.05, 3.63) is 64.1 Å². The van der Waals surface area contributed by atoms with Crippen LogP contribution >= 0.6 is 22.6 Å². The number of benzene rings is 2. The van der Waals surface area contributed by atoms with Crippen LogP contribution in [-0.4, -0.2) is 9.97 Å². The number of rotatable bonds is 3. The predicted molar refractivity (Wildman–Crippen MR) is 83.0 cm³/mol. The van der Waals surface area contributed by atoms with E-state index in [1.807, 2.05) is 42.5 Å². The summed E-state index contributed by atoms with van der Waals surface area (Å²) >= 11 is 2.27. The van der Waals surface area contributed by atoms with E-state index in [1.165, 1.54) is 0 Å². The lowest BCUT2D eigenvalue weighted by Crippen LogP contribution is -1.97. The molecule has 1 heterocycles. The molecule has 0 fully saturated rings. The molecule has 94 valence electrons.